The van der Waals surface area contributed by atoms with Crippen molar-refractivity contribution in [1.82, 2.24) is 0 Å². The van der Waals surface area contributed by atoms with E-state index < -0.39 is 10.8 Å². The maximum Gasteiger partial charge on any atom is 0.0846 e. The maximum absolute atomic E-state index is 11.7. The van der Waals surface area contributed by atoms with E-state index in [0.29, 0.717) is 4.91 Å². The van der Waals surface area contributed by atoms with E-state index in [1.807, 2.05) is 37.3 Å². The van der Waals surface area contributed by atoms with Crippen LogP contribution >= 0.6 is 0 Å². The fourth-order valence-corrected chi connectivity index (χ4v) is 1.85. The van der Waals surface area contributed by atoms with Crippen molar-refractivity contribution in [3.05, 3.63) is 54.0 Å². The monoisotopic (exact) mass is 192 g/mol. The van der Waals surface area contributed by atoms with Crippen molar-refractivity contribution in [2.24, 2.45) is 0 Å². The summed E-state index contributed by atoms with van der Waals surface area (Å²) in [4.78, 5) is 1.36. The molecule has 0 heterocycles. The molecule has 0 N–H and O–H groups in total. The normalized spacial score (nSPS) is 12.1. The van der Waals surface area contributed by atoms with Gasteiger partial charge < -0.3 is 0 Å². The van der Waals surface area contributed by atoms with E-state index in [2.05, 4.69) is 13.2 Å². The van der Waals surface area contributed by atoms with Gasteiger partial charge in [-0.3, -0.25) is 0 Å². The number of benzene rings is 1. The molecule has 1 atom stereocenters. The minimum absolute atomic E-state index is 0.589. The Morgan fingerprint density at radius 3 is 2.23 bits per heavy atom. The lowest BCUT2D eigenvalue weighted by Gasteiger charge is -2.03. The molecule has 0 bridgehead atoms. The third-order valence-corrected chi connectivity index (χ3v) is 3.15. The second-order valence-corrected chi connectivity index (χ2v) is 4.29. The van der Waals surface area contributed by atoms with Gasteiger partial charge in [-0.2, -0.15) is 0 Å². The molecule has 13 heavy (non-hydrogen) atoms. The Morgan fingerprint density at radius 2 is 1.77 bits per heavy atom. The molecule has 2 heteroatoms. The van der Waals surface area contributed by atoms with Gasteiger partial charge in [-0.25, -0.2) is 4.21 Å². The van der Waals surface area contributed by atoms with E-state index in [9.17, 15) is 4.21 Å². The molecule has 0 spiro atoms. The van der Waals surface area contributed by atoms with Gasteiger partial charge in [0, 0.05) is 9.80 Å². The van der Waals surface area contributed by atoms with Crippen LogP contribution in [-0.4, -0.2) is 4.21 Å². The lowest BCUT2D eigenvalue weighted by molar-refractivity contribution is 0.687. The molecule has 0 aromatic heterocycles. The van der Waals surface area contributed by atoms with Crippen molar-refractivity contribution >= 4 is 10.8 Å². The Bertz CT molecular complexity index is 352. The van der Waals surface area contributed by atoms with Gasteiger partial charge in [-0.15, -0.1) is 0 Å². The van der Waals surface area contributed by atoms with E-state index in [1.165, 1.54) is 0 Å². The predicted molar refractivity (Wildman–Crippen MR) is 56.8 cm³/mol. The Labute approximate surface area is 81.3 Å². The highest BCUT2D eigenvalue weighted by Gasteiger charge is 2.07. The van der Waals surface area contributed by atoms with Crippen molar-refractivity contribution in [2.45, 2.75) is 11.8 Å². The van der Waals surface area contributed by atoms with Crippen LogP contribution in [0.3, 0.4) is 0 Å². The van der Waals surface area contributed by atoms with Crippen LogP contribution in [0.5, 0.6) is 0 Å². The van der Waals surface area contributed by atoms with Gasteiger partial charge in [0.25, 0.3) is 0 Å². The topological polar surface area (TPSA) is 17.1 Å². The zero-order valence-electron chi connectivity index (χ0n) is 7.62. The molecular formula is C11H12OS. The first kappa shape index (κ1) is 9.93. The highest BCUT2D eigenvalue weighted by atomic mass is 32.2. The van der Waals surface area contributed by atoms with E-state index >= 15 is 0 Å². The van der Waals surface area contributed by atoms with E-state index in [0.717, 1.165) is 10.5 Å². The standard InChI is InChI=1S/C11H12OS/c1-9(2)10(3)13(12)11-7-5-4-6-8-11/h4-8H,1,3H2,2H3. The van der Waals surface area contributed by atoms with Crippen LogP contribution in [0, 0.1) is 0 Å². The molecule has 1 aromatic rings. The van der Waals surface area contributed by atoms with Gasteiger partial charge in [0.15, 0.2) is 0 Å². The average molecular weight is 192 g/mol. The van der Waals surface area contributed by atoms with Crippen LogP contribution in [0.2, 0.25) is 0 Å². The summed E-state index contributed by atoms with van der Waals surface area (Å²) in [5.41, 5.74) is 0.766. The molecule has 0 radical (unpaired) electrons. The SMILES string of the molecule is C=C(C)C(=C)S(=O)c1ccccc1. The summed E-state index contributed by atoms with van der Waals surface area (Å²) in [7, 11) is -1.15. The van der Waals surface area contributed by atoms with Crippen molar-refractivity contribution in [1.29, 1.82) is 0 Å². The molecule has 1 rings (SSSR count). The highest BCUT2D eigenvalue weighted by Crippen LogP contribution is 2.17. The smallest absolute Gasteiger partial charge is 0.0846 e. The second-order valence-electron chi connectivity index (χ2n) is 2.79. The molecule has 0 fully saturated rings. The Hall–Kier alpha value is -1.15. The average Bonchev–Trinajstić information content (AvgIpc) is 2.17. The van der Waals surface area contributed by atoms with Crippen molar-refractivity contribution in [3.8, 4) is 0 Å². The minimum atomic E-state index is -1.15. The van der Waals surface area contributed by atoms with Gasteiger partial charge in [-0.1, -0.05) is 31.4 Å². The zero-order valence-corrected chi connectivity index (χ0v) is 8.43. The fraction of sp³-hybridized carbons (Fsp3) is 0.0909. The van der Waals surface area contributed by atoms with E-state index in [4.69, 9.17) is 0 Å². The van der Waals surface area contributed by atoms with Gasteiger partial charge in [-0.05, 0) is 24.6 Å². The predicted octanol–water partition coefficient (Wildman–Crippen LogP) is 2.88. The summed E-state index contributed by atoms with van der Waals surface area (Å²) in [5, 5.41) is 0. The summed E-state index contributed by atoms with van der Waals surface area (Å²) in [6.45, 7) is 9.25. The summed E-state index contributed by atoms with van der Waals surface area (Å²) in [5.74, 6) is 0. The van der Waals surface area contributed by atoms with Crippen LogP contribution in [0.4, 0.5) is 0 Å². The van der Waals surface area contributed by atoms with Crippen LogP contribution in [0.25, 0.3) is 0 Å². The summed E-state index contributed by atoms with van der Waals surface area (Å²) < 4.78 is 11.7. The molecule has 1 aromatic carbocycles. The molecular weight excluding hydrogens is 180 g/mol. The number of hydrogen-bond acceptors (Lipinski definition) is 1. The van der Waals surface area contributed by atoms with Gasteiger partial charge >= 0.3 is 0 Å². The number of hydrogen-bond donors (Lipinski definition) is 0. The minimum Gasteiger partial charge on any atom is -0.249 e. The van der Waals surface area contributed by atoms with Crippen molar-refractivity contribution in [2.75, 3.05) is 0 Å². The molecule has 1 unspecified atom stereocenters. The van der Waals surface area contributed by atoms with Crippen LogP contribution < -0.4 is 0 Å². The summed E-state index contributed by atoms with van der Waals surface area (Å²) >= 11 is 0. The summed E-state index contributed by atoms with van der Waals surface area (Å²) in [6.07, 6.45) is 0. The third kappa shape index (κ3) is 2.39. The largest absolute Gasteiger partial charge is 0.249 e. The fourth-order valence-electron chi connectivity index (χ4n) is 0.845. The van der Waals surface area contributed by atoms with Gasteiger partial charge in [0.1, 0.15) is 0 Å². The quantitative estimate of drug-likeness (QED) is 0.673. The van der Waals surface area contributed by atoms with Crippen LogP contribution in [-0.2, 0) is 10.8 Å². The first-order valence-electron chi connectivity index (χ1n) is 3.94. The van der Waals surface area contributed by atoms with Crippen LogP contribution in [0.15, 0.2) is 58.9 Å². The lowest BCUT2D eigenvalue weighted by Crippen LogP contribution is -1.94. The van der Waals surface area contributed by atoms with Gasteiger partial charge in [0.05, 0.1) is 10.8 Å². The van der Waals surface area contributed by atoms with E-state index in [1.54, 1.807) is 0 Å². The lowest BCUT2D eigenvalue weighted by atomic mass is 10.3. The molecule has 1 nitrogen and oxygen atoms in total. The Kier molecular flexibility index (Phi) is 3.20. The molecule has 68 valence electrons. The molecule has 0 aliphatic rings. The van der Waals surface area contributed by atoms with E-state index in [-0.39, 0.29) is 0 Å². The first-order chi connectivity index (χ1) is 6.13. The third-order valence-electron chi connectivity index (χ3n) is 1.66. The molecule has 0 saturated carbocycles. The van der Waals surface area contributed by atoms with Gasteiger partial charge in [0.2, 0.25) is 0 Å². The zero-order chi connectivity index (χ0) is 9.84. The first-order valence-corrected chi connectivity index (χ1v) is 5.09. The molecule has 0 amide bonds. The summed E-state index contributed by atoms with van der Waals surface area (Å²) in [6, 6.07) is 9.26. The second kappa shape index (κ2) is 4.19. The molecule has 0 aliphatic carbocycles. The Balaban J connectivity index is 2.93. The number of rotatable bonds is 3. The number of allylic oxidation sites excluding steroid dienone is 1. The molecule has 0 saturated heterocycles. The maximum atomic E-state index is 11.7. The molecule has 0 aliphatic heterocycles. The van der Waals surface area contributed by atoms with Crippen LogP contribution in [0.1, 0.15) is 6.92 Å². The van der Waals surface area contributed by atoms with Crippen molar-refractivity contribution < 1.29 is 4.21 Å². The Morgan fingerprint density at radius 1 is 1.23 bits per heavy atom. The highest BCUT2D eigenvalue weighted by molar-refractivity contribution is 7.89. The van der Waals surface area contributed by atoms with Crippen molar-refractivity contribution in [3.63, 3.8) is 0 Å².